The fourth-order valence-electron chi connectivity index (χ4n) is 2.66. The van der Waals surface area contributed by atoms with Crippen molar-refractivity contribution in [1.29, 1.82) is 0 Å². The van der Waals surface area contributed by atoms with Crippen LogP contribution >= 0.6 is 0 Å². The number of ether oxygens (including phenoxy) is 1. The van der Waals surface area contributed by atoms with E-state index in [0.717, 1.165) is 25.0 Å². The van der Waals surface area contributed by atoms with E-state index in [1.807, 2.05) is 18.5 Å². The second kappa shape index (κ2) is 5.27. The van der Waals surface area contributed by atoms with Gasteiger partial charge in [-0.15, -0.1) is 0 Å². The van der Waals surface area contributed by atoms with E-state index in [9.17, 15) is 0 Å². The van der Waals surface area contributed by atoms with Crippen LogP contribution in [0.3, 0.4) is 0 Å². The van der Waals surface area contributed by atoms with Crippen molar-refractivity contribution in [2.75, 3.05) is 7.11 Å². The fraction of sp³-hybridized carbons (Fsp3) is 0.235. The molecule has 1 heterocycles. The molecule has 0 spiro atoms. The zero-order chi connectivity index (χ0) is 13.1. The van der Waals surface area contributed by atoms with E-state index in [1.54, 1.807) is 7.11 Å². The van der Waals surface area contributed by atoms with Crippen LogP contribution in [0, 0.1) is 0 Å². The molecule has 0 N–H and O–H groups in total. The summed E-state index contributed by atoms with van der Waals surface area (Å²) in [5, 5.41) is 0. The third kappa shape index (κ3) is 2.53. The monoisotopic (exact) mass is 251 g/mol. The van der Waals surface area contributed by atoms with Crippen molar-refractivity contribution in [3.8, 4) is 5.75 Å². The molecule has 1 aromatic heterocycles. The lowest BCUT2D eigenvalue weighted by Crippen LogP contribution is -2.03. The largest absolute Gasteiger partial charge is 0.496 e. The number of rotatable bonds is 3. The van der Waals surface area contributed by atoms with Crippen LogP contribution in [0.15, 0.2) is 48.3 Å². The average molecular weight is 251 g/mol. The van der Waals surface area contributed by atoms with Crippen LogP contribution in [0.1, 0.15) is 23.1 Å². The molecule has 0 bridgehead atoms. The van der Waals surface area contributed by atoms with E-state index in [1.165, 1.54) is 22.3 Å². The Labute approximate surface area is 113 Å². The Morgan fingerprint density at radius 1 is 1.11 bits per heavy atom. The number of fused-ring (bicyclic) bond motifs is 1. The molecule has 0 radical (unpaired) electrons. The second-order valence-corrected chi connectivity index (χ2v) is 4.86. The number of methoxy groups -OCH3 is 1. The Bertz CT molecular complexity index is 602. The summed E-state index contributed by atoms with van der Waals surface area (Å²) in [7, 11) is 1.74. The van der Waals surface area contributed by atoms with Crippen molar-refractivity contribution in [3.05, 3.63) is 65.0 Å². The lowest BCUT2D eigenvalue weighted by Gasteiger charge is -2.19. The summed E-state index contributed by atoms with van der Waals surface area (Å²) >= 11 is 0. The van der Waals surface area contributed by atoms with Gasteiger partial charge >= 0.3 is 0 Å². The number of allylic oxidation sites excluding steroid dienone is 1. The SMILES string of the molecule is COc1cccc2c1CCC(Cc1ccncc1)=C2. The Balaban J connectivity index is 1.88. The fourth-order valence-corrected chi connectivity index (χ4v) is 2.66. The van der Waals surface area contributed by atoms with Gasteiger partial charge in [0.2, 0.25) is 0 Å². The zero-order valence-electron chi connectivity index (χ0n) is 11.1. The van der Waals surface area contributed by atoms with Crippen molar-refractivity contribution in [3.63, 3.8) is 0 Å². The van der Waals surface area contributed by atoms with Crippen LogP contribution in [0.5, 0.6) is 5.75 Å². The minimum absolute atomic E-state index is 1.01. The van der Waals surface area contributed by atoms with E-state index in [4.69, 9.17) is 4.74 Å². The predicted octanol–water partition coefficient (Wildman–Crippen LogP) is 3.66. The topological polar surface area (TPSA) is 22.1 Å². The summed E-state index contributed by atoms with van der Waals surface area (Å²) < 4.78 is 5.43. The smallest absolute Gasteiger partial charge is 0.122 e. The summed E-state index contributed by atoms with van der Waals surface area (Å²) in [6.07, 6.45) is 9.21. The van der Waals surface area contributed by atoms with Gasteiger partial charge in [-0.2, -0.15) is 0 Å². The molecule has 1 aromatic carbocycles. The Morgan fingerprint density at radius 2 is 1.95 bits per heavy atom. The second-order valence-electron chi connectivity index (χ2n) is 4.86. The highest BCUT2D eigenvalue weighted by Crippen LogP contribution is 2.31. The van der Waals surface area contributed by atoms with Crippen LogP contribution < -0.4 is 4.74 Å². The first-order chi connectivity index (χ1) is 9.36. The molecule has 0 amide bonds. The summed E-state index contributed by atoms with van der Waals surface area (Å²) in [6.45, 7) is 0. The minimum atomic E-state index is 1.01. The van der Waals surface area contributed by atoms with Crippen LogP contribution in [0.2, 0.25) is 0 Å². The van der Waals surface area contributed by atoms with Crippen molar-refractivity contribution < 1.29 is 4.74 Å². The first-order valence-corrected chi connectivity index (χ1v) is 6.61. The summed E-state index contributed by atoms with van der Waals surface area (Å²) in [5.41, 5.74) is 5.44. The molecule has 19 heavy (non-hydrogen) atoms. The van der Waals surface area contributed by atoms with E-state index in [0.29, 0.717) is 0 Å². The normalized spacial score (nSPS) is 13.6. The zero-order valence-corrected chi connectivity index (χ0v) is 11.1. The molecule has 1 aliphatic rings. The Hall–Kier alpha value is -2.09. The molecular weight excluding hydrogens is 234 g/mol. The summed E-state index contributed by atoms with van der Waals surface area (Å²) in [5.74, 6) is 1.01. The Morgan fingerprint density at radius 3 is 2.74 bits per heavy atom. The molecule has 0 aliphatic heterocycles. The van der Waals surface area contributed by atoms with Crippen molar-refractivity contribution in [2.24, 2.45) is 0 Å². The Kier molecular flexibility index (Phi) is 3.32. The molecule has 0 atom stereocenters. The standard InChI is InChI=1S/C17H17NO/c1-19-17-4-2-3-15-12-14(5-6-16(15)17)11-13-7-9-18-10-8-13/h2-4,7-10,12H,5-6,11H2,1H3. The van der Waals surface area contributed by atoms with Crippen molar-refractivity contribution >= 4 is 6.08 Å². The number of aromatic nitrogens is 1. The highest BCUT2D eigenvalue weighted by atomic mass is 16.5. The van der Waals surface area contributed by atoms with Crippen LogP contribution in [-0.4, -0.2) is 12.1 Å². The summed E-state index contributed by atoms with van der Waals surface area (Å²) in [6, 6.07) is 10.4. The molecule has 0 saturated carbocycles. The average Bonchev–Trinajstić information content (AvgIpc) is 2.47. The number of nitrogens with zero attached hydrogens (tertiary/aromatic N) is 1. The molecule has 2 nitrogen and oxygen atoms in total. The molecule has 0 saturated heterocycles. The number of hydrogen-bond donors (Lipinski definition) is 0. The van der Waals surface area contributed by atoms with Gasteiger partial charge < -0.3 is 4.74 Å². The third-order valence-electron chi connectivity index (χ3n) is 3.63. The first-order valence-electron chi connectivity index (χ1n) is 6.61. The minimum Gasteiger partial charge on any atom is -0.496 e. The molecule has 1 aliphatic carbocycles. The first kappa shape index (κ1) is 12.0. The van der Waals surface area contributed by atoms with Gasteiger partial charge in [0.15, 0.2) is 0 Å². The maximum atomic E-state index is 5.43. The molecule has 2 heteroatoms. The van der Waals surface area contributed by atoms with Crippen molar-refractivity contribution in [2.45, 2.75) is 19.3 Å². The van der Waals surface area contributed by atoms with E-state index in [-0.39, 0.29) is 0 Å². The van der Waals surface area contributed by atoms with E-state index < -0.39 is 0 Å². The van der Waals surface area contributed by atoms with Gasteiger partial charge in [-0.3, -0.25) is 4.98 Å². The van der Waals surface area contributed by atoms with Gasteiger partial charge in [0.05, 0.1) is 7.11 Å². The molecule has 0 unspecified atom stereocenters. The third-order valence-corrected chi connectivity index (χ3v) is 3.63. The maximum absolute atomic E-state index is 5.43. The number of hydrogen-bond acceptors (Lipinski definition) is 2. The number of benzene rings is 1. The maximum Gasteiger partial charge on any atom is 0.122 e. The van der Waals surface area contributed by atoms with Crippen LogP contribution in [-0.2, 0) is 12.8 Å². The van der Waals surface area contributed by atoms with E-state index in [2.05, 4.69) is 35.3 Å². The van der Waals surface area contributed by atoms with Gasteiger partial charge in [0.25, 0.3) is 0 Å². The van der Waals surface area contributed by atoms with Gasteiger partial charge in [-0.05, 0) is 48.6 Å². The molecular formula is C17H17NO. The lowest BCUT2D eigenvalue weighted by atomic mass is 9.89. The molecule has 3 rings (SSSR count). The summed E-state index contributed by atoms with van der Waals surface area (Å²) in [4.78, 5) is 4.06. The van der Waals surface area contributed by atoms with Gasteiger partial charge in [0.1, 0.15) is 5.75 Å². The lowest BCUT2D eigenvalue weighted by molar-refractivity contribution is 0.409. The van der Waals surface area contributed by atoms with Crippen LogP contribution in [0.4, 0.5) is 0 Å². The van der Waals surface area contributed by atoms with Crippen LogP contribution in [0.25, 0.3) is 6.08 Å². The predicted molar refractivity (Wildman–Crippen MR) is 77.2 cm³/mol. The van der Waals surface area contributed by atoms with Gasteiger partial charge in [-0.25, -0.2) is 0 Å². The number of pyridine rings is 1. The van der Waals surface area contributed by atoms with Crippen molar-refractivity contribution in [1.82, 2.24) is 4.98 Å². The van der Waals surface area contributed by atoms with Gasteiger partial charge in [0, 0.05) is 18.0 Å². The molecule has 0 fully saturated rings. The highest BCUT2D eigenvalue weighted by Gasteiger charge is 2.14. The van der Waals surface area contributed by atoms with E-state index >= 15 is 0 Å². The highest BCUT2D eigenvalue weighted by molar-refractivity contribution is 5.63. The van der Waals surface area contributed by atoms with Gasteiger partial charge in [-0.1, -0.05) is 23.8 Å². The molecule has 2 aromatic rings. The molecule has 96 valence electrons. The quantitative estimate of drug-likeness (QED) is 0.830.